The van der Waals surface area contributed by atoms with Gasteiger partial charge >= 0.3 is 0 Å². The van der Waals surface area contributed by atoms with E-state index in [4.69, 9.17) is 5.73 Å². The zero-order valence-electron chi connectivity index (χ0n) is 8.34. The molecule has 0 saturated carbocycles. The summed E-state index contributed by atoms with van der Waals surface area (Å²) in [4.78, 5) is 19.8. The second kappa shape index (κ2) is 5.15. The number of hydrogen-bond donors (Lipinski definition) is 2. The van der Waals surface area contributed by atoms with Crippen LogP contribution in [0.5, 0.6) is 0 Å². The predicted molar refractivity (Wildman–Crippen MR) is 63.3 cm³/mol. The van der Waals surface area contributed by atoms with Gasteiger partial charge in [-0.1, -0.05) is 0 Å². The van der Waals surface area contributed by atoms with E-state index in [9.17, 15) is 4.79 Å². The summed E-state index contributed by atoms with van der Waals surface area (Å²) in [6.45, 7) is 0.794. The number of nitrogens with zero attached hydrogens (tertiary/aromatic N) is 2. The van der Waals surface area contributed by atoms with E-state index < -0.39 is 0 Å². The SMILES string of the molecule is NCc1nc(C(=O)NCc2cscn2)cs1. The third-order valence-electron chi connectivity index (χ3n) is 1.87. The first-order chi connectivity index (χ1) is 7.79. The first-order valence-electron chi connectivity index (χ1n) is 4.59. The number of nitrogens with one attached hydrogen (secondary N) is 1. The number of hydrogen-bond acceptors (Lipinski definition) is 6. The monoisotopic (exact) mass is 254 g/mol. The van der Waals surface area contributed by atoms with Crippen LogP contribution in [0.25, 0.3) is 0 Å². The molecule has 0 fully saturated rings. The Bertz CT molecular complexity index is 466. The fourth-order valence-electron chi connectivity index (χ4n) is 1.10. The smallest absolute Gasteiger partial charge is 0.271 e. The van der Waals surface area contributed by atoms with Crippen LogP contribution >= 0.6 is 22.7 Å². The Morgan fingerprint density at radius 2 is 2.38 bits per heavy atom. The van der Waals surface area contributed by atoms with Gasteiger partial charge in [-0.25, -0.2) is 9.97 Å². The molecule has 0 unspecified atom stereocenters. The first kappa shape index (κ1) is 11.2. The van der Waals surface area contributed by atoms with Gasteiger partial charge in [0.2, 0.25) is 0 Å². The van der Waals surface area contributed by atoms with Crippen LogP contribution in [-0.4, -0.2) is 15.9 Å². The molecule has 0 saturated heterocycles. The second-order valence-corrected chi connectivity index (χ2v) is 4.65. The van der Waals surface area contributed by atoms with Gasteiger partial charge in [0.15, 0.2) is 0 Å². The molecule has 0 aliphatic rings. The lowest BCUT2D eigenvalue weighted by Gasteiger charge is -1.99. The largest absolute Gasteiger partial charge is 0.345 e. The quantitative estimate of drug-likeness (QED) is 0.852. The van der Waals surface area contributed by atoms with Crippen LogP contribution in [0.1, 0.15) is 21.2 Å². The Hall–Kier alpha value is -1.31. The van der Waals surface area contributed by atoms with Crippen molar-refractivity contribution in [2.75, 3.05) is 0 Å². The molecule has 0 aliphatic carbocycles. The number of carbonyl (C=O) groups is 1. The second-order valence-electron chi connectivity index (χ2n) is 2.99. The third-order valence-corrected chi connectivity index (χ3v) is 3.38. The number of amides is 1. The van der Waals surface area contributed by atoms with E-state index in [0.29, 0.717) is 18.8 Å². The lowest BCUT2D eigenvalue weighted by atomic mass is 10.4. The highest BCUT2D eigenvalue weighted by atomic mass is 32.1. The van der Waals surface area contributed by atoms with Crippen molar-refractivity contribution in [1.82, 2.24) is 15.3 Å². The molecule has 0 aromatic carbocycles. The van der Waals surface area contributed by atoms with Gasteiger partial charge in [0, 0.05) is 17.3 Å². The van der Waals surface area contributed by atoms with Gasteiger partial charge in [-0.05, 0) is 0 Å². The van der Waals surface area contributed by atoms with E-state index >= 15 is 0 Å². The minimum Gasteiger partial charge on any atom is -0.345 e. The van der Waals surface area contributed by atoms with Crippen molar-refractivity contribution in [2.24, 2.45) is 5.73 Å². The number of aromatic nitrogens is 2. The van der Waals surface area contributed by atoms with Gasteiger partial charge in [-0.3, -0.25) is 4.79 Å². The molecule has 0 spiro atoms. The molecule has 2 aromatic heterocycles. The number of rotatable bonds is 4. The van der Waals surface area contributed by atoms with Crippen molar-refractivity contribution in [3.8, 4) is 0 Å². The molecule has 2 heterocycles. The summed E-state index contributed by atoms with van der Waals surface area (Å²) in [7, 11) is 0. The molecule has 1 amide bonds. The lowest BCUT2D eigenvalue weighted by molar-refractivity contribution is 0.0946. The van der Waals surface area contributed by atoms with Crippen molar-refractivity contribution in [1.29, 1.82) is 0 Å². The molecule has 16 heavy (non-hydrogen) atoms. The summed E-state index contributed by atoms with van der Waals surface area (Å²) in [6.07, 6.45) is 0. The summed E-state index contributed by atoms with van der Waals surface area (Å²) in [5.41, 5.74) is 8.43. The van der Waals surface area contributed by atoms with Crippen LogP contribution in [0.15, 0.2) is 16.3 Å². The molecular formula is C9H10N4OS2. The van der Waals surface area contributed by atoms with Crippen LogP contribution in [0.4, 0.5) is 0 Å². The zero-order valence-corrected chi connectivity index (χ0v) is 9.98. The van der Waals surface area contributed by atoms with E-state index in [1.54, 1.807) is 10.9 Å². The van der Waals surface area contributed by atoms with Gasteiger partial charge in [0.05, 0.1) is 17.7 Å². The Kier molecular flexibility index (Phi) is 3.60. The van der Waals surface area contributed by atoms with Crippen molar-refractivity contribution in [2.45, 2.75) is 13.1 Å². The maximum atomic E-state index is 11.6. The highest BCUT2D eigenvalue weighted by Crippen LogP contribution is 2.09. The summed E-state index contributed by atoms with van der Waals surface area (Å²) >= 11 is 2.89. The average molecular weight is 254 g/mol. The highest BCUT2D eigenvalue weighted by molar-refractivity contribution is 7.09. The van der Waals surface area contributed by atoms with E-state index in [-0.39, 0.29) is 5.91 Å². The minimum absolute atomic E-state index is 0.191. The maximum absolute atomic E-state index is 11.6. The topological polar surface area (TPSA) is 80.9 Å². The van der Waals surface area contributed by atoms with Gasteiger partial charge in [0.1, 0.15) is 10.7 Å². The summed E-state index contributed by atoms with van der Waals surface area (Å²) in [5.74, 6) is -0.191. The molecule has 0 aliphatic heterocycles. The summed E-state index contributed by atoms with van der Waals surface area (Å²) in [5, 5.41) is 7.11. The van der Waals surface area contributed by atoms with Gasteiger partial charge in [-0.2, -0.15) is 0 Å². The van der Waals surface area contributed by atoms with Crippen molar-refractivity contribution >= 4 is 28.6 Å². The Morgan fingerprint density at radius 3 is 3.00 bits per heavy atom. The van der Waals surface area contributed by atoms with Gasteiger partial charge in [0.25, 0.3) is 5.91 Å². The number of nitrogens with two attached hydrogens (primary N) is 1. The minimum atomic E-state index is -0.191. The molecule has 0 atom stereocenters. The van der Waals surface area contributed by atoms with E-state index in [1.807, 2.05) is 5.38 Å². The van der Waals surface area contributed by atoms with Gasteiger partial charge in [-0.15, -0.1) is 22.7 Å². The average Bonchev–Trinajstić information content (AvgIpc) is 2.96. The van der Waals surface area contributed by atoms with E-state index in [1.165, 1.54) is 22.7 Å². The first-order valence-corrected chi connectivity index (χ1v) is 6.41. The lowest BCUT2D eigenvalue weighted by Crippen LogP contribution is -2.23. The highest BCUT2D eigenvalue weighted by Gasteiger charge is 2.09. The van der Waals surface area contributed by atoms with Crippen LogP contribution in [-0.2, 0) is 13.1 Å². The molecule has 5 nitrogen and oxygen atoms in total. The summed E-state index contributed by atoms with van der Waals surface area (Å²) < 4.78 is 0. The predicted octanol–water partition coefficient (Wildman–Crippen LogP) is 0.988. The Labute approximate surface area is 100 Å². The zero-order chi connectivity index (χ0) is 11.4. The number of thiazole rings is 2. The van der Waals surface area contributed by atoms with Crippen LogP contribution in [0.3, 0.4) is 0 Å². The summed E-state index contributed by atoms with van der Waals surface area (Å²) in [6, 6.07) is 0. The Balaban J connectivity index is 1.93. The van der Waals surface area contributed by atoms with E-state index in [2.05, 4.69) is 15.3 Å². The van der Waals surface area contributed by atoms with Crippen molar-refractivity contribution < 1.29 is 4.79 Å². The molecule has 84 valence electrons. The maximum Gasteiger partial charge on any atom is 0.271 e. The molecule has 0 bridgehead atoms. The fourth-order valence-corrected chi connectivity index (χ4v) is 2.31. The fraction of sp³-hybridized carbons (Fsp3) is 0.222. The van der Waals surface area contributed by atoms with Crippen LogP contribution in [0, 0.1) is 0 Å². The molecule has 2 rings (SSSR count). The molecular weight excluding hydrogens is 244 g/mol. The molecule has 2 aromatic rings. The van der Waals surface area contributed by atoms with Crippen molar-refractivity contribution in [3.05, 3.63) is 32.7 Å². The normalized spacial score (nSPS) is 10.3. The van der Waals surface area contributed by atoms with Gasteiger partial charge < -0.3 is 11.1 Å². The molecule has 7 heteroatoms. The molecule has 3 N–H and O–H groups in total. The third kappa shape index (κ3) is 2.63. The van der Waals surface area contributed by atoms with Crippen LogP contribution < -0.4 is 11.1 Å². The number of carbonyl (C=O) groups excluding carboxylic acids is 1. The van der Waals surface area contributed by atoms with E-state index in [0.717, 1.165) is 10.7 Å². The Morgan fingerprint density at radius 1 is 1.50 bits per heavy atom. The van der Waals surface area contributed by atoms with Crippen LogP contribution in [0.2, 0.25) is 0 Å². The molecule has 0 radical (unpaired) electrons. The van der Waals surface area contributed by atoms with Crippen molar-refractivity contribution in [3.63, 3.8) is 0 Å². The standard InChI is InChI=1S/C9H10N4OS2/c10-1-8-13-7(4-16-8)9(14)11-2-6-3-15-5-12-6/h3-5H,1-2,10H2,(H,11,14).